The number of fused-ring (bicyclic) bond motifs is 1. The van der Waals surface area contributed by atoms with Crippen LogP contribution in [0.5, 0.6) is 0 Å². The number of pyridine rings is 1. The molecule has 3 rings (SSSR count). The highest BCUT2D eigenvalue weighted by atomic mass is 35.5. The van der Waals surface area contributed by atoms with Gasteiger partial charge in [0.2, 0.25) is 0 Å². The minimum Gasteiger partial charge on any atom is -0.337 e. The lowest BCUT2D eigenvalue weighted by atomic mass is 10.00. The maximum atomic E-state index is 12.5. The quantitative estimate of drug-likeness (QED) is 0.800. The molecule has 0 radical (unpaired) electrons. The number of piperidine rings is 1. The van der Waals surface area contributed by atoms with E-state index in [0.29, 0.717) is 16.6 Å². The van der Waals surface area contributed by atoms with Crippen LogP contribution in [0, 0.1) is 5.92 Å². The van der Waals surface area contributed by atoms with E-state index in [1.165, 1.54) is 6.42 Å². The Morgan fingerprint density at radius 3 is 3.00 bits per heavy atom. The number of likely N-dealkylation sites (tertiary alicyclic amines) is 1. The third-order valence-electron chi connectivity index (χ3n) is 3.83. The number of amides is 1. The topological polar surface area (TPSA) is 33.2 Å². The first-order chi connectivity index (χ1) is 9.65. The predicted molar refractivity (Wildman–Crippen MR) is 81.1 cm³/mol. The second kappa shape index (κ2) is 5.41. The molecule has 1 amide bonds. The molecular formula is C16H17ClN2O. The maximum absolute atomic E-state index is 12.5. The van der Waals surface area contributed by atoms with E-state index in [4.69, 9.17) is 11.6 Å². The van der Waals surface area contributed by atoms with Gasteiger partial charge in [-0.2, -0.15) is 0 Å². The van der Waals surface area contributed by atoms with Crippen LogP contribution in [-0.4, -0.2) is 28.9 Å². The monoisotopic (exact) mass is 288 g/mol. The molecule has 1 aromatic heterocycles. The van der Waals surface area contributed by atoms with Crippen molar-refractivity contribution in [2.45, 2.75) is 19.8 Å². The van der Waals surface area contributed by atoms with Crippen molar-refractivity contribution in [3.8, 4) is 0 Å². The van der Waals surface area contributed by atoms with Gasteiger partial charge in [0.25, 0.3) is 5.91 Å². The van der Waals surface area contributed by atoms with Gasteiger partial charge >= 0.3 is 0 Å². The lowest BCUT2D eigenvalue weighted by molar-refractivity contribution is 0.0677. The normalized spacial score (nSPS) is 19.3. The largest absolute Gasteiger partial charge is 0.337 e. The highest BCUT2D eigenvalue weighted by Crippen LogP contribution is 2.24. The Morgan fingerprint density at radius 1 is 1.40 bits per heavy atom. The molecule has 1 unspecified atom stereocenters. The number of aromatic nitrogens is 1. The van der Waals surface area contributed by atoms with Crippen molar-refractivity contribution in [1.29, 1.82) is 0 Å². The molecule has 2 aromatic rings. The summed E-state index contributed by atoms with van der Waals surface area (Å²) in [6.45, 7) is 3.81. The number of hydrogen-bond donors (Lipinski definition) is 0. The van der Waals surface area contributed by atoms with Crippen molar-refractivity contribution in [2.75, 3.05) is 13.1 Å². The van der Waals surface area contributed by atoms with E-state index in [-0.39, 0.29) is 5.91 Å². The van der Waals surface area contributed by atoms with Gasteiger partial charge in [0, 0.05) is 18.5 Å². The number of benzene rings is 1. The molecule has 0 N–H and O–H groups in total. The highest BCUT2D eigenvalue weighted by molar-refractivity contribution is 6.35. The Labute approximate surface area is 123 Å². The number of para-hydroxylation sites is 1. The molecule has 1 saturated heterocycles. The number of halogens is 1. The van der Waals surface area contributed by atoms with Gasteiger partial charge in [0.05, 0.1) is 10.5 Å². The third-order valence-corrected chi connectivity index (χ3v) is 4.14. The number of hydrogen-bond acceptors (Lipinski definition) is 2. The molecule has 1 aliphatic rings. The van der Waals surface area contributed by atoms with Crippen LogP contribution in [0.25, 0.3) is 10.9 Å². The van der Waals surface area contributed by atoms with Crippen LogP contribution in [0.3, 0.4) is 0 Å². The first kappa shape index (κ1) is 13.4. The standard InChI is InChI=1S/C16H17ClN2O/c1-11-5-4-8-19(10-11)16(20)15-9-13(17)12-6-2-3-7-14(12)18-15/h2-3,6-7,9,11H,4-5,8,10H2,1H3. The van der Waals surface area contributed by atoms with Gasteiger partial charge in [-0.3, -0.25) is 4.79 Å². The average Bonchev–Trinajstić information content (AvgIpc) is 2.46. The fourth-order valence-electron chi connectivity index (χ4n) is 2.78. The molecule has 0 aliphatic carbocycles. The number of rotatable bonds is 1. The molecule has 1 aliphatic heterocycles. The minimum atomic E-state index is -0.01000. The molecule has 2 heterocycles. The van der Waals surface area contributed by atoms with Gasteiger partial charge in [0.1, 0.15) is 5.69 Å². The predicted octanol–water partition coefficient (Wildman–Crippen LogP) is 3.76. The zero-order chi connectivity index (χ0) is 14.1. The van der Waals surface area contributed by atoms with E-state index in [2.05, 4.69) is 11.9 Å². The summed E-state index contributed by atoms with van der Waals surface area (Å²) in [6.07, 6.45) is 2.25. The average molecular weight is 289 g/mol. The van der Waals surface area contributed by atoms with E-state index in [9.17, 15) is 4.79 Å². The minimum absolute atomic E-state index is 0.01000. The van der Waals surface area contributed by atoms with Crippen molar-refractivity contribution < 1.29 is 4.79 Å². The molecule has 20 heavy (non-hydrogen) atoms. The second-order valence-electron chi connectivity index (χ2n) is 5.51. The number of nitrogens with zero attached hydrogens (tertiary/aromatic N) is 2. The molecule has 0 spiro atoms. The van der Waals surface area contributed by atoms with Gasteiger partial charge in [0.15, 0.2) is 0 Å². The van der Waals surface area contributed by atoms with Crippen molar-refractivity contribution in [3.63, 3.8) is 0 Å². The third kappa shape index (κ3) is 2.50. The van der Waals surface area contributed by atoms with Crippen LogP contribution >= 0.6 is 11.6 Å². The molecule has 0 saturated carbocycles. The van der Waals surface area contributed by atoms with Crippen LogP contribution in [0.2, 0.25) is 5.02 Å². The highest BCUT2D eigenvalue weighted by Gasteiger charge is 2.23. The van der Waals surface area contributed by atoms with Crippen molar-refractivity contribution in [3.05, 3.63) is 41.0 Å². The van der Waals surface area contributed by atoms with Crippen LogP contribution < -0.4 is 0 Å². The van der Waals surface area contributed by atoms with Gasteiger partial charge in [-0.25, -0.2) is 4.98 Å². The summed E-state index contributed by atoms with van der Waals surface area (Å²) in [5, 5.41) is 1.47. The molecular weight excluding hydrogens is 272 g/mol. The molecule has 3 nitrogen and oxygen atoms in total. The number of carbonyl (C=O) groups is 1. The van der Waals surface area contributed by atoms with Gasteiger partial charge in [-0.05, 0) is 30.9 Å². The summed E-state index contributed by atoms with van der Waals surface area (Å²) in [4.78, 5) is 18.9. The zero-order valence-electron chi connectivity index (χ0n) is 11.5. The van der Waals surface area contributed by atoms with E-state index in [0.717, 1.165) is 30.4 Å². The van der Waals surface area contributed by atoms with E-state index in [1.54, 1.807) is 6.07 Å². The van der Waals surface area contributed by atoms with Gasteiger partial charge in [-0.1, -0.05) is 36.7 Å². The summed E-state index contributed by atoms with van der Waals surface area (Å²) in [7, 11) is 0. The zero-order valence-corrected chi connectivity index (χ0v) is 12.2. The van der Waals surface area contributed by atoms with Crippen LogP contribution in [0.1, 0.15) is 30.3 Å². The van der Waals surface area contributed by atoms with E-state index in [1.807, 2.05) is 29.2 Å². The smallest absolute Gasteiger partial charge is 0.272 e. The van der Waals surface area contributed by atoms with Crippen LogP contribution in [0.4, 0.5) is 0 Å². The summed E-state index contributed by atoms with van der Waals surface area (Å²) in [5.41, 5.74) is 1.22. The Balaban J connectivity index is 1.95. The lowest BCUT2D eigenvalue weighted by Crippen LogP contribution is -2.39. The Hall–Kier alpha value is -1.61. The fraction of sp³-hybridized carbons (Fsp3) is 0.375. The summed E-state index contributed by atoms with van der Waals surface area (Å²) >= 11 is 6.26. The van der Waals surface area contributed by atoms with E-state index >= 15 is 0 Å². The Morgan fingerprint density at radius 2 is 2.20 bits per heavy atom. The summed E-state index contributed by atoms with van der Waals surface area (Å²) in [5.74, 6) is 0.549. The molecule has 1 atom stereocenters. The van der Waals surface area contributed by atoms with E-state index < -0.39 is 0 Å². The van der Waals surface area contributed by atoms with Crippen molar-refractivity contribution in [1.82, 2.24) is 9.88 Å². The molecule has 4 heteroatoms. The fourth-order valence-corrected chi connectivity index (χ4v) is 3.04. The molecule has 0 bridgehead atoms. The lowest BCUT2D eigenvalue weighted by Gasteiger charge is -2.30. The van der Waals surface area contributed by atoms with Crippen LogP contribution in [0.15, 0.2) is 30.3 Å². The second-order valence-corrected chi connectivity index (χ2v) is 5.91. The van der Waals surface area contributed by atoms with Gasteiger partial charge in [-0.15, -0.1) is 0 Å². The van der Waals surface area contributed by atoms with Crippen molar-refractivity contribution in [2.24, 2.45) is 5.92 Å². The molecule has 1 fully saturated rings. The van der Waals surface area contributed by atoms with Gasteiger partial charge < -0.3 is 4.90 Å². The number of carbonyl (C=O) groups excluding carboxylic acids is 1. The first-order valence-corrected chi connectivity index (χ1v) is 7.37. The first-order valence-electron chi connectivity index (χ1n) is 6.99. The Bertz CT molecular complexity index is 656. The molecule has 104 valence electrons. The Kier molecular flexibility index (Phi) is 3.62. The van der Waals surface area contributed by atoms with Crippen LogP contribution in [-0.2, 0) is 0 Å². The maximum Gasteiger partial charge on any atom is 0.272 e. The molecule has 1 aromatic carbocycles. The van der Waals surface area contributed by atoms with Crippen molar-refractivity contribution >= 4 is 28.4 Å². The summed E-state index contributed by atoms with van der Waals surface area (Å²) in [6, 6.07) is 9.32. The summed E-state index contributed by atoms with van der Waals surface area (Å²) < 4.78 is 0. The SMILES string of the molecule is CC1CCCN(C(=O)c2cc(Cl)c3ccccc3n2)C1.